The predicted octanol–water partition coefficient (Wildman–Crippen LogP) is 6.89. The molecule has 1 fully saturated rings. The normalized spacial score (nSPS) is 15.2. The van der Waals surface area contributed by atoms with Crippen LogP contribution in [0.3, 0.4) is 0 Å². The summed E-state index contributed by atoms with van der Waals surface area (Å²) < 4.78 is 10.9. The summed E-state index contributed by atoms with van der Waals surface area (Å²) in [5.74, 6) is -0.230. The highest BCUT2D eigenvalue weighted by atomic mass is 16.5. The number of esters is 2. The Bertz CT molecular complexity index is 386. The topological polar surface area (TPSA) is 52.6 Å². The quantitative estimate of drug-likeness (QED) is 0.162. The maximum absolute atomic E-state index is 11.9. The lowest BCUT2D eigenvalue weighted by molar-refractivity contribution is -0.150. The van der Waals surface area contributed by atoms with Crippen molar-refractivity contribution in [3.8, 4) is 0 Å². The SMILES string of the molecule is CCCCCCCCCCCOC(=O)CCCCC(=O)OC1CCCCCC1. The summed E-state index contributed by atoms with van der Waals surface area (Å²) in [6.07, 6.45) is 20.6. The first-order valence-electron chi connectivity index (χ1n) is 12.1. The molecule has 1 aliphatic carbocycles. The van der Waals surface area contributed by atoms with E-state index in [0.29, 0.717) is 32.3 Å². The van der Waals surface area contributed by atoms with Crippen molar-refractivity contribution in [1.29, 1.82) is 0 Å². The third-order valence-corrected chi connectivity index (χ3v) is 5.62. The summed E-state index contributed by atoms with van der Waals surface area (Å²) in [5, 5.41) is 0. The van der Waals surface area contributed by atoms with Crippen molar-refractivity contribution in [3.05, 3.63) is 0 Å². The van der Waals surface area contributed by atoms with Gasteiger partial charge in [-0.1, -0.05) is 71.1 Å². The fourth-order valence-corrected chi connectivity index (χ4v) is 3.81. The van der Waals surface area contributed by atoms with Crippen molar-refractivity contribution in [1.82, 2.24) is 0 Å². The highest BCUT2D eigenvalue weighted by molar-refractivity contribution is 5.70. The maximum atomic E-state index is 11.9. The van der Waals surface area contributed by atoms with Gasteiger partial charge in [0.05, 0.1) is 6.61 Å². The first-order chi connectivity index (χ1) is 13.7. The molecule has 0 atom stereocenters. The molecule has 0 aromatic carbocycles. The fraction of sp³-hybridized carbons (Fsp3) is 0.917. The lowest BCUT2D eigenvalue weighted by Crippen LogP contribution is -2.17. The Morgan fingerprint density at radius 2 is 1.21 bits per heavy atom. The number of carbonyl (C=O) groups is 2. The molecular formula is C24H44O4. The number of carbonyl (C=O) groups excluding carboxylic acids is 2. The minimum absolute atomic E-state index is 0.102. The van der Waals surface area contributed by atoms with E-state index < -0.39 is 0 Å². The van der Waals surface area contributed by atoms with Crippen LogP contribution >= 0.6 is 0 Å². The molecule has 4 nitrogen and oxygen atoms in total. The van der Waals surface area contributed by atoms with Crippen molar-refractivity contribution in [2.75, 3.05) is 6.61 Å². The van der Waals surface area contributed by atoms with Gasteiger partial charge in [-0.2, -0.15) is 0 Å². The summed E-state index contributed by atoms with van der Waals surface area (Å²) in [4.78, 5) is 23.6. The van der Waals surface area contributed by atoms with E-state index in [0.717, 1.165) is 25.7 Å². The van der Waals surface area contributed by atoms with Crippen LogP contribution in [-0.4, -0.2) is 24.6 Å². The summed E-state index contributed by atoms with van der Waals surface area (Å²) in [6, 6.07) is 0. The van der Waals surface area contributed by atoms with Crippen molar-refractivity contribution in [2.24, 2.45) is 0 Å². The van der Waals surface area contributed by atoms with E-state index in [-0.39, 0.29) is 18.0 Å². The van der Waals surface area contributed by atoms with Gasteiger partial charge in [-0.3, -0.25) is 9.59 Å². The molecule has 0 saturated heterocycles. The second-order valence-corrected chi connectivity index (χ2v) is 8.36. The molecule has 0 heterocycles. The van der Waals surface area contributed by atoms with Crippen LogP contribution in [0.1, 0.15) is 129 Å². The molecule has 0 aromatic rings. The van der Waals surface area contributed by atoms with E-state index in [2.05, 4.69) is 6.92 Å². The lowest BCUT2D eigenvalue weighted by atomic mass is 10.1. The van der Waals surface area contributed by atoms with Gasteiger partial charge in [0.25, 0.3) is 0 Å². The Balaban J connectivity index is 1.86. The number of hydrogen-bond donors (Lipinski definition) is 0. The van der Waals surface area contributed by atoms with Gasteiger partial charge in [0.2, 0.25) is 0 Å². The Morgan fingerprint density at radius 1 is 0.679 bits per heavy atom. The maximum Gasteiger partial charge on any atom is 0.306 e. The van der Waals surface area contributed by atoms with Crippen LogP contribution < -0.4 is 0 Å². The Morgan fingerprint density at radius 3 is 1.82 bits per heavy atom. The van der Waals surface area contributed by atoms with E-state index in [4.69, 9.17) is 9.47 Å². The number of unbranched alkanes of at least 4 members (excludes halogenated alkanes) is 9. The smallest absolute Gasteiger partial charge is 0.306 e. The van der Waals surface area contributed by atoms with Crippen LogP contribution in [-0.2, 0) is 19.1 Å². The highest BCUT2D eigenvalue weighted by Gasteiger charge is 2.16. The van der Waals surface area contributed by atoms with Gasteiger partial charge < -0.3 is 9.47 Å². The molecule has 0 amide bonds. The molecule has 1 aliphatic rings. The molecule has 0 aliphatic heterocycles. The monoisotopic (exact) mass is 396 g/mol. The minimum atomic E-state index is -0.128. The van der Waals surface area contributed by atoms with E-state index in [9.17, 15) is 9.59 Å². The zero-order valence-corrected chi connectivity index (χ0v) is 18.4. The molecule has 0 bridgehead atoms. The standard InChI is InChI=1S/C24H44O4/c1-2-3-4-5-6-7-8-11-16-21-27-23(25)19-14-15-20-24(26)28-22-17-12-9-10-13-18-22/h22H,2-21H2,1H3. The van der Waals surface area contributed by atoms with Crippen LogP contribution in [0, 0.1) is 0 Å². The van der Waals surface area contributed by atoms with Crippen molar-refractivity contribution < 1.29 is 19.1 Å². The van der Waals surface area contributed by atoms with Gasteiger partial charge in [-0.15, -0.1) is 0 Å². The average molecular weight is 397 g/mol. The van der Waals surface area contributed by atoms with Crippen LogP contribution in [0.4, 0.5) is 0 Å². The van der Waals surface area contributed by atoms with Gasteiger partial charge in [-0.05, 0) is 44.9 Å². The van der Waals surface area contributed by atoms with Crippen LogP contribution in [0.2, 0.25) is 0 Å². The number of ether oxygens (including phenoxy) is 2. The van der Waals surface area contributed by atoms with Gasteiger partial charge in [0.15, 0.2) is 0 Å². The van der Waals surface area contributed by atoms with Gasteiger partial charge in [0, 0.05) is 12.8 Å². The fourth-order valence-electron chi connectivity index (χ4n) is 3.81. The summed E-state index contributed by atoms with van der Waals surface area (Å²) in [7, 11) is 0. The molecular weight excluding hydrogens is 352 g/mol. The first-order valence-corrected chi connectivity index (χ1v) is 12.1. The second-order valence-electron chi connectivity index (χ2n) is 8.36. The summed E-state index contributed by atoms with van der Waals surface area (Å²) >= 11 is 0. The van der Waals surface area contributed by atoms with Crippen LogP contribution in [0.5, 0.6) is 0 Å². The molecule has 164 valence electrons. The lowest BCUT2D eigenvalue weighted by Gasteiger charge is -2.15. The molecule has 4 heteroatoms. The summed E-state index contributed by atoms with van der Waals surface area (Å²) in [6.45, 7) is 2.78. The molecule has 0 spiro atoms. The minimum Gasteiger partial charge on any atom is -0.466 e. The van der Waals surface area contributed by atoms with E-state index in [1.54, 1.807) is 0 Å². The molecule has 1 rings (SSSR count). The summed E-state index contributed by atoms with van der Waals surface area (Å²) in [5.41, 5.74) is 0. The zero-order valence-electron chi connectivity index (χ0n) is 18.4. The van der Waals surface area contributed by atoms with Crippen LogP contribution in [0.25, 0.3) is 0 Å². The zero-order chi connectivity index (χ0) is 20.3. The Labute approximate surface area is 173 Å². The number of rotatable bonds is 16. The van der Waals surface area contributed by atoms with E-state index in [1.807, 2.05) is 0 Å². The molecule has 0 aromatic heterocycles. The van der Waals surface area contributed by atoms with Gasteiger partial charge >= 0.3 is 11.9 Å². The van der Waals surface area contributed by atoms with E-state index in [1.165, 1.54) is 70.6 Å². The van der Waals surface area contributed by atoms with Crippen LogP contribution in [0.15, 0.2) is 0 Å². The Kier molecular flexibility index (Phi) is 16.1. The molecule has 0 N–H and O–H groups in total. The average Bonchev–Trinajstić information content (AvgIpc) is 2.95. The number of hydrogen-bond acceptors (Lipinski definition) is 4. The Hall–Kier alpha value is -1.06. The predicted molar refractivity (Wildman–Crippen MR) is 114 cm³/mol. The van der Waals surface area contributed by atoms with Crippen molar-refractivity contribution >= 4 is 11.9 Å². The van der Waals surface area contributed by atoms with Crippen molar-refractivity contribution in [3.63, 3.8) is 0 Å². The highest BCUT2D eigenvalue weighted by Crippen LogP contribution is 2.20. The molecule has 0 unspecified atom stereocenters. The molecule has 0 radical (unpaired) electrons. The third-order valence-electron chi connectivity index (χ3n) is 5.62. The van der Waals surface area contributed by atoms with Gasteiger partial charge in [0.1, 0.15) is 6.10 Å². The largest absolute Gasteiger partial charge is 0.466 e. The second kappa shape index (κ2) is 18.0. The third kappa shape index (κ3) is 14.9. The molecule has 1 saturated carbocycles. The van der Waals surface area contributed by atoms with E-state index >= 15 is 0 Å². The first kappa shape index (κ1) is 25.0. The van der Waals surface area contributed by atoms with Gasteiger partial charge in [-0.25, -0.2) is 0 Å². The molecule has 28 heavy (non-hydrogen) atoms. The van der Waals surface area contributed by atoms with Crippen molar-refractivity contribution in [2.45, 2.75) is 135 Å².